The number of imide groups is 1. The molecule has 0 aliphatic rings. The van der Waals surface area contributed by atoms with Crippen LogP contribution in [0.1, 0.15) is 15.2 Å². The number of esters is 1. The molecule has 0 aliphatic carbocycles. The Bertz CT molecular complexity index is 817. The smallest absolute Gasteiger partial charge is 0.405 e. The van der Waals surface area contributed by atoms with Crippen LogP contribution in [-0.4, -0.2) is 37.2 Å². The van der Waals surface area contributed by atoms with Crippen LogP contribution >= 0.6 is 11.3 Å². The van der Waals surface area contributed by atoms with Crippen molar-refractivity contribution in [2.24, 2.45) is 0 Å². The van der Waals surface area contributed by atoms with E-state index in [1.54, 1.807) is 12.2 Å². The number of ether oxygens (including phenoxy) is 1. The van der Waals surface area contributed by atoms with Crippen molar-refractivity contribution in [3.8, 4) is 0 Å². The first-order valence-corrected chi connectivity index (χ1v) is 7.78. The maximum atomic E-state index is 12.0. The summed E-state index contributed by atoms with van der Waals surface area (Å²) in [5.41, 5.74) is 0.703. The minimum absolute atomic E-state index is 0.315. The normalized spacial score (nSPS) is 11.2. The van der Waals surface area contributed by atoms with Crippen LogP contribution < -0.4 is 10.6 Å². The number of amides is 3. The molecule has 1 aromatic carbocycles. The molecule has 134 valence electrons. The van der Waals surface area contributed by atoms with Crippen molar-refractivity contribution in [2.45, 2.75) is 13.1 Å². The van der Waals surface area contributed by atoms with Gasteiger partial charge in [-0.25, -0.2) is 9.59 Å². The van der Waals surface area contributed by atoms with E-state index in [1.165, 1.54) is 16.7 Å². The van der Waals surface area contributed by atoms with Gasteiger partial charge in [-0.2, -0.15) is 13.2 Å². The van der Waals surface area contributed by atoms with Crippen molar-refractivity contribution in [3.05, 3.63) is 34.7 Å². The highest BCUT2D eigenvalue weighted by atomic mass is 32.1. The lowest BCUT2D eigenvalue weighted by molar-refractivity contribution is -0.125. The summed E-state index contributed by atoms with van der Waals surface area (Å²) < 4.78 is 41.5. The second kappa shape index (κ2) is 7.51. The third-order valence-electron chi connectivity index (χ3n) is 3.07. The molecule has 2 aromatic rings. The molecule has 0 atom stereocenters. The SMILES string of the molecule is Cc1c(C(=O)OCC(=O)NC(=O)NCC(F)(F)F)sc2ccccc12. The number of rotatable bonds is 4. The summed E-state index contributed by atoms with van der Waals surface area (Å²) in [6.07, 6.45) is -4.59. The average Bonchev–Trinajstić information content (AvgIpc) is 2.87. The van der Waals surface area contributed by atoms with Gasteiger partial charge in [-0.15, -0.1) is 11.3 Å². The Balaban J connectivity index is 1.87. The fourth-order valence-corrected chi connectivity index (χ4v) is 3.06. The topological polar surface area (TPSA) is 84.5 Å². The van der Waals surface area contributed by atoms with E-state index in [2.05, 4.69) is 0 Å². The zero-order chi connectivity index (χ0) is 18.6. The Hall–Kier alpha value is -2.62. The van der Waals surface area contributed by atoms with Crippen molar-refractivity contribution in [2.75, 3.05) is 13.2 Å². The number of aryl methyl sites for hydroxylation is 1. The van der Waals surface area contributed by atoms with E-state index in [-0.39, 0.29) is 0 Å². The van der Waals surface area contributed by atoms with Gasteiger partial charge in [-0.3, -0.25) is 10.1 Å². The number of fused-ring (bicyclic) bond motifs is 1. The standard InChI is InChI=1S/C15H13F3N2O4S/c1-8-9-4-2-3-5-10(9)25-12(8)13(22)24-6-11(21)20-14(23)19-7-15(16,17)18/h2-5H,6-7H2,1H3,(H2,19,20,21,23). The maximum absolute atomic E-state index is 12.0. The Morgan fingerprint density at radius 2 is 1.88 bits per heavy atom. The van der Waals surface area contributed by atoms with Gasteiger partial charge in [0, 0.05) is 4.70 Å². The van der Waals surface area contributed by atoms with E-state index in [1.807, 2.05) is 24.3 Å². The summed E-state index contributed by atoms with van der Waals surface area (Å²) in [5.74, 6) is -1.78. The summed E-state index contributed by atoms with van der Waals surface area (Å²) >= 11 is 1.20. The largest absolute Gasteiger partial charge is 0.451 e. The third-order valence-corrected chi connectivity index (χ3v) is 4.32. The third kappa shape index (κ3) is 5.18. The Morgan fingerprint density at radius 1 is 1.20 bits per heavy atom. The lowest BCUT2D eigenvalue weighted by atomic mass is 10.1. The van der Waals surface area contributed by atoms with Gasteiger partial charge in [-0.1, -0.05) is 18.2 Å². The lowest BCUT2D eigenvalue weighted by Gasteiger charge is -2.09. The molecular formula is C15H13F3N2O4S. The van der Waals surface area contributed by atoms with Crippen LogP contribution in [0.3, 0.4) is 0 Å². The molecule has 3 amide bonds. The minimum atomic E-state index is -4.59. The van der Waals surface area contributed by atoms with Crippen molar-refractivity contribution in [1.82, 2.24) is 10.6 Å². The maximum Gasteiger partial charge on any atom is 0.405 e. The zero-order valence-corrected chi connectivity index (χ0v) is 13.7. The first kappa shape index (κ1) is 18.7. The Kier molecular flexibility index (Phi) is 5.62. The number of carbonyl (C=O) groups is 3. The summed E-state index contributed by atoms with van der Waals surface area (Å²) in [6.45, 7) is -0.626. The average molecular weight is 374 g/mol. The van der Waals surface area contributed by atoms with E-state index in [0.717, 1.165) is 10.1 Å². The molecule has 2 N–H and O–H groups in total. The first-order chi connectivity index (χ1) is 11.7. The van der Waals surface area contributed by atoms with Crippen LogP contribution in [0.2, 0.25) is 0 Å². The molecule has 1 aromatic heterocycles. The number of hydrogen-bond donors (Lipinski definition) is 2. The second-order valence-corrected chi connectivity index (χ2v) is 6.03. The molecule has 0 saturated heterocycles. The summed E-state index contributed by atoms with van der Waals surface area (Å²) in [4.78, 5) is 34.9. The lowest BCUT2D eigenvalue weighted by Crippen LogP contribution is -2.44. The predicted octanol–water partition coefficient (Wildman–Crippen LogP) is 2.75. The number of benzene rings is 1. The number of urea groups is 1. The summed E-state index contributed by atoms with van der Waals surface area (Å²) in [5, 5.41) is 3.99. The molecule has 0 bridgehead atoms. The molecule has 0 saturated carbocycles. The number of hydrogen-bond acceptors (Lipinski definition) is 5. The van der Waals surface area contributed by atoms with E-state index in [4.69, 9.17) is 4.74 Å². The molecule has 1 heterocycles. The predicted molar refractivity (Wildman–Crippen MR) is 84.4 cm³/mol. The summed E-state index contributed by atoms with van der Waals surface area (Å²) in [6, 6.07) is 6.00. The quantitative estimate of drug-likeness (QED) is 0.806. The van der Waals surface area contributed by atoms with Gasteiger partial charge in [0.1, 0.15) is 11.4 Å². The van der Waals surface area contributed by atoms with E-state index >= 15 is 0 Å². The van der Waals surface area contributed by atoms with Crippen molar-refractivity contribution < 1.29 is 32.3 Å². The Morgan fingerprint density at radius 3 is 2.52 bits per heavy atom. The van der Waals surface area contributed by atoms with Crippen LogP contribution in [-0.2, 0) is 9.53 Å². The van der Waals surface area contributed by atoms with Crippen LogP contribution in [0.5, 0.6) is 0 Å². The molecule has 0 aliphatic heterocycles. The molecular weight excluding hydrogens is 361 g/mol. The van der Waals surface area contributed by atoms with Gasteiger partial charge in [0.2, 0.25) is 0 Å². The second-order valence-electron chi connectivity index (χ2n) is 4.97. The van der Waals surface area contributed by atoms with Crippen molar-refractivity contribution in [3.63, 3.8) is 0 Å². The zero-order valence-electron chi connectivity index (χ0n) is 12.9. The van der Waals surface area contributed by atoms with E-state index < -0.39 is 37.2 Å². The van der Waals surface area contributed by atoms with Crippen LogP contribution in [0, 0.1) is 6.92 Å². The van der Waals surface area contributed by atoms with Gasteiger partial charge in [0.25, 0.3) is 5.91 Å². The van der Waals surface area contributed by atoms with Gasteiger partial charge in [-0.05, 0) is 23.9 Å². The number of halogens is 3. The van der Waals surface area contributed by atoms with Crippen molar-refractivity contribution >= 4 is 39.3 Å². The number of thiophene rings is 1. The highest BCUT2D eigenvalue weighted by Crippen LogP contribution is 2.30. The van der Waals surface area contributed by atoms with Crippen molar-refractivity contribution in [1.29, 1.82) is 0 Å². The minimum Gasteiger partial charge on any atom is -0.451 e. The molecule has 0 fully saturated rings. The molecule has 6 nitrogen and oxygen atoms in total. The van der Waals surface area contributed by atoms with Crippen LogP contribution in [0.4, 0.5) is 18.0 Å². The fraction of sp³-hybridized carbons (Fsp3) is 0.267. The van der Waals surface area contributed by atoms with Gasteiger partial charge in [0.15, 0.2) is 6.61 Å². The van der Waals surface area contributed by atoms with E-state index in [9.17, 15) is 27.6 Å². The molecule has 25 heavy (non-hydrogen) atoms. The van der Waals surface area contributed by atoms with Gasteiger partial charge >= 0.3 is 18.2 Å². The fourth-order valence-electron chi connectivity index (χ4n) is 1.95. The monoisotopic (exact) mass is 374 g/mol. The van der Waals surface area contributed by atoms with Crippen LogP contribution in [0.25, 0.3) is 10.1 Å². The highest BCUT2D eigenvalue weighted by molar-refractivity contribution is 7.21. The molecule has 0 radical (unpaired) electrons. The van der Waals surface area contributed by atoms with E-state index in [0.29, 0.717) is 10.4 Å². The first-order valence-electron chi connectivity index (χ1n) is 6.97. The highest BCUT2D eigenvalue weighted by Gasteiger charge is 2.28. The molecule has 0 unspecified atom stereocenters. The number of carbonyl (C=O) groups excluding carboxylic acids is 3. The Labute approximate surface area is 144 Å². The van der Waals surface area contributed by atoms with Gasteiger partial charge < -0.3 is 10.1 Å². The summed E-state index contributed by atoms with van der Waals surface area (Å²) in [7, 11) is 0. The number of nitrogens with one attached hydrogen (secondary N) is 2. The number of alkyl halides is 3. The van der Waals surface area contributed by atoms with Crippen LogP contribution in [0.15, 0.2) is 24.3 Å². The molecule has 2 rings (SSSR count). The molecule has 0 spiro atoms. The van der Waals surface area contributed by atoms with Gasteiger partial charge in [0.05, 0.1) is 0 Å². The molecule has 10 heteroatoms.